The number of amides is 3. The molecule has 214 valence electrons. The molecule has 7 rings (SSSR count). The van der Waals surface area contributed by atoms with Crippen LogP contribution in [0.2, 0.25) is 5.02 Å². The normalized spacial score (nSPS) is 17.0. The molecule has 2 heterocycles. The Morgan fingerprint density at radius 2 is 1.23 bits per heavy atom. The van der Waals surface area contributed by atoms with E-state index < -0.39 is 23.9 Å². The Kier molecular flexibility index (Phi) is 7.12. The second kappa shape index (κ2) is 11.3. The van der Waals surface area contributed by atoms with Gasteiger partial charge >= 0.3 is 0 Å². The topological polar surface area (TPSA) is 74.5 Å². The van der Waals surface area contributed by atoms with Crippen LogP contribution in [0.25, 0.3) is 0 Å². The highest BCUT2D eigenvalue weighted by Gasteiger charge is 2.56. The maximum absolute atomic E-state index is 13.8. The molecule has 2 aliphatic heterocycles. The number of halogens is 1. The molecule has 44 heavy (non-hydrogen) atoms. The number of carbonyl (C=O) groups is 4. The number of nitrogens with zero attached hydrogens (tertiary/aromatic N) is 2. The zero-order chi connectivity index (χ0) is 30.4. The van der Waals surface area contributed by atoms with Crippen molar-refractivity contribution < 1.29 is 19.2 Å². The van der Waals surface area contributed by atoms with E-state index in [1.54, 1.807) is 47.4 Å². The number of fused-ring (bicyclic) bond motifs is 1. The SMILES string of the molecule is O=C(c1ccccc1)[C@H]1[C@@H](c2ccccc2)N1C(=O)c1ccc2c(c1)C(=O)N(c1ccc(Sc3ccc(Cl)cc3)cc1)C2=O. The zero-order valence-electron chi connectivity index (χ0n) is 23.1. The Morgan fingerprint density at radius 1 is 0.636 bits per heavy atom. The van der Waals surface area contributed by atoms with Crippen LogP contribution in [0.1, 0.15) is 53.0 Å². The van der Waals surface area contributed by atoms with Crippen LogP contribution in [0.3, 0.4) is 0 Å². The van der Waals surface area contributed by atoms with Crippen molar-refractivity contribution in [2.75, 3.05) is 4.90 Å². The molecule has 0 spiro atoms. The zero-order valence-corrected chi connectivity index (χ0v) is 24.7. The maximum Gasteiger partial charge on any atom is 0.266 e. The molecule has 2 aliphatic rings. The van der Waals surface area contributed by atoms with Gasteiger partial charge < -0.3 is 4.90 Å². The van der Waals surface area contributed by atoms with Crippen molar-refractivity contribution in [1.82, 2.24) is 4.90 Å². The molecule has 5 aromatic rings. The molecule has 1 fully saturated rings. The lowest BCUT2D eigenvalue weighted by Gasteiger charge is -2.14. The van der Waals surface area contributed by atoms with Crippen molar-refractivity contribution >= 4 is 52.6 Å². The minimum absolute atomic E-state index is 0.149. The van der Waals surface area contributed by atoms with E-state index in [0.29, 0.717) is 16.3 Å². The van der Waals surface area contributed by atoms with Gasteiger partial charge in [0.25, 0.3) is 17.7 Å². The van der Waals surface area contributed by atoms with Crippen molar-refractivity contribution in [3.8, 4) is 0 Å². The summed E-state index contributed by atoms with van der Waals surface area (Å²) in [5.74, 6) is -1.48. The van der Waals surface area contributed by atoms with E-state index in [9.17, 15) is 19.2 Å². The Bertz CT molecular complexity index is 1930. The molecule has 6 nitrogen and oxygen atoms in total. The summed E-state index contributed by atoms with van der Waals surface area (Å²) in [5, 5.41) is 0.658. The van der Waals surface area contributed by atoms with Crippen molar-refractivity contribution in [3.05, 3.63) is 160 Å². The molecule has 0 saturated carbocycles. The molecule has 0 bridgehead atoms. The van der Waals surface area contributed by atoms with Gasteiger partial charge in [-0.15, -0.1) is 0 Å². The number of hydrogen-bond acceptors (Lipinski definition) is 5. The summed E-state index contributed by atoms with van der Waals surface area (Å²) in [6.45, 7) is 0. The first-order valence-corrected chi connectivity index (χ1v) is 15.1. The average molecular weight is 615 g/mol. The van der Waals surface area contributed by atoms with E-state index in [1.165, 1.54) is 23.9 Å². The second-order valence-electron chi connectivity index (χ2n) is 10.5. The van der Waals surface area contributed by atoms with E-state index in [0.717, 1.165) is 20.3 Å². The molecule has 8 heteroatoms. The number of ketones is 1. The predicted octanol–water partition coefficient (Wildman–Crippen LogP) is 7.74. The van der Waals surface area contributed by atoms with Gasteiger partial charge in [0.1, 0.15) is 6.04 Å². The summed E-state index contributed by atoms with van der Waals surface area (Å²) in [6.07, 6.45) is 0. The predicted molar refractivity (Wildman–Crippen MR) is 170 cm³/mol. The van der Waals surface area contributed by atoms with Crippen LogP contribution in [0.5, 0.6) is 0 Å². The molecule has 0 N–H and O–H groups in total. The van der Waals surface area contributed by atoms with Gasteiger partial charge in [0.15, 0.2) is 5.78 Å². The molecular weight excluding hydrogens is 592 g/mol. The fourth-order valence-corrected chi connectivity index (χ4v) is 6.52. The third-order valence-corrected chi connectivity index (χ3v) is 9.06. The highest BCUT2D eigenvalue weighted by molar-refractivity contribution is 7.99. The minimum atomic E-state index is -0.668. The second-order valence-corrected chi connectivity index (χ2v) is 12.1. The summed E-state index contributed by atoms with van der Waals surface area (Å²) in [5.41, 5.74) is 2.44. The third-order valence-electron chi connectivity index (χ3n) is 7.79. The Hall–Kier alpha value is -4.98. The molecule has 0 unspecified atom stereocenters. The lowest BCUT2D eigenvalue weighted by molar-refractivity contribution is 0.0833. The van der Waals surface area contributed by atoms with Crippen LogP contribution < -0.4 is 4.90 Å². The van der Waals surface area contributed by atoms with Crippen LogP contribution in [0, 0.1) is 0 Å². The van der Waals surface area contributed by atoms with E-state index in [2.05, 4.69) is 0 Å². The van der Waals surface area contributed by atoms with Gasteiger partial charge in [-0.1, -0.05) is 84.0 Å². The molecule has 2 atom stereocenters. The number of hydrogen-bond donors (Lipinski definition) is 0. The van der Waals surface area contributed by atoms with Gasteiger partial charge in [-0.05, 0) is 72.3 Å². The van der Waals surface area contributed by atoms with Crippen molar-refractivity contribution in [2.24, 2.45) is 0 Å². The van der Waals surface area contributed by atoms with Crippen LogP contribution in [-0.4, -0.2) is 34.4 Å². The lowest BCUT2D eigenvalue weighted by Crippen LogP contribution is -2.29. The number of anilines is 1. The number of rotatable bonds is 7. The summed E-state index contributed by atoms with van der Waals surface area (Å²) in [7, 11) is 0. The van der Waals surface area contributed by atoms with Crippen molar-refractivity contribution in [1.29, 1.82) is 0 Å². The van der Waals surface area contributed by atoms with Gasteiger partial charge in [0.05, 0.1) is 22.9 Å². The standard InChI is InChI=1S/C36H23ClN2O4S/c37-25-12-16-27(17-13-25)44-28-18-14-26(15-19-28)38-35(42)29-20-11-24(21-30(29)36(38)43)34(41)39-31(22-7-3-1-4-8-22)32(39)33(40)23-9-5-2-6-10-23/h1-21,31-32H/t31-,32-,39?/m1/s1. The maximum atomic E-state index is 13.8. The summed E-state index contributed by atoms with van der Waals surface area (Å²) >= 11 is 7.52. The molecule has 0 aromatic heterocycles. The van der Waals surface area contributed by atoms with Crippen LogP contribution >= 0.6 is 23.4 Å². The molecular formula is C36H23ClN2O4S. The number of imide groups is 1. The summed E-state index contributed by atoms with van der Waals surface area (Å²) < 4.78 is 0. The third kappa shape index (κ3) is 5.00. The van der Waals surface area contributed by atoms with E-state index >= 15 is 0 Å². The van der Waals surface area contributed by atoms with E-state index in [-0.39, 0.29) is 28.4 Å². The molecule has 1 saturated heterocycles. The number of Topliss-reactive ketones (excluding diaryl/α,β-unsaturated/α-hetero) is 1. The number of benzene rings is 5. The first-order chi connectivity index (χ1) is 21.4. The van der Waals surface area contributed by atoms with Crippen LogP contribution in [0.4, 0.5) is 5.69 Å². The van der Waals surface area contributed by atoms with E-state index in [4.69, 9.17) is 11.6 Å². The van der Waals surface area contributed by atoms with Crippen molar-refractivity contribution in [3.63, 3.8) is 0 Å². The lowest BCUT2D eigenvalue weighted by atomic mass is 10.0. The fourth-order valence-electron chi connectivity index (χ4n) is 5.58. The van der Waals surface area contributed by atoms with Crippen molar-refractivity contribution in [2.45, 2.75) is 21.9 Å². The quantitative estimate of drug-likeness (QED) is 0.106. The largest absolute Gasteiger partial charge is 0.316 e. The Morgan fingerprint density at radius 3 is 1.89 bits per heavy atom. The number of carbonyl (C=O) groups excluding carboxylic acids is 4. The first-order valence-electron chi connectivity index (χ1n) is 13.9. The average Bonchev–Trinajstić information content (AvgIpc) is 3.76. The monoisotopic (exact) mass is 614 g/mol. The molecule has 5 aromatic carbocycles. The van der Waals surface area contributed by atoms with E-state index in [1.807, 2.05) is 72.8 Å². The van der Waals surface area contributed by atoms with Gasteiger partial charge in [0.2, 0.25) is 0 Å². The molecule has 0 radical (unpaired) electrons. The smallest absolute Gasteiger partial charge is 0.266 e. The first kappa shape index (κ1) is 27.8. The van der Waals surface area contributed by atoms with Gasteiger partial charge in [0, 0.05) is 25.9 Å². The molecule has 0 aliphatic carbocycles. The van der Waals surface area contributed by atoms with Gasteiger partial charge in [-0.3, -0.25) is 19.2 Å². The minimum Gasteiger partial charge on any atom is -0.316 e. The van der Waals surface area contributed by atoms with Gasteiger partial charge in [-0.25, -0.2) is 4.90 Å². The Labute approximate surface area is 262 Å². The molecule has 3 amide bonds. The highest BCUT2D eigenvalue weighted by atomic mass is 35.5. The van der Waals surface area contributed by atoms with Gasteiger partial charge in [-0.2, -0.15) is 0 Å². The van der Waals surface area contributed by atoms with Crippen LogP contribution in [-0.2, 0) is 0 Å². The summed E-state index contributed by atoms with van der Waals surface area (Å²) in [4.78, 5) is 58.8. The summed E-state index contributed by atoms with van der Waals surface area (Å²) in [6, 6.07) is 36.4. The highest BCUT2D eigenvalue weighted by Crippen LogP contribution is 2.46. The fraction of sp³-hybridized carbons (Fsp3) is 0.0556. The van der Waals surface area contributed by atoms with Crippen LogP contribution in [0.15, 0.2) is 137 Å². The Balaban J connectivity index is 1.13.